The van der Waals surface area contributed by atoms with Gasteiger partial charge < -0.3 is 19.9 Å². The van der Waals surface area contributed by atoms with Crippen LogP contribution in [0.4, 0.5) is 4.39 Å². The Labute approximate surface area is 189 Å². The Morgan fingerprint density at radius 3 is 2.59 bits per heavy atom. The average Bonchev–Trinajstić information content (AvgIpc) is 3.28. The molecular formula is C23H35FN6O2. The molecule has 0 amide bonds. The Kier molecular flexibility index (Phi) is 9.43. The van der Waals surface area contributed by atoms with Gasteiger partial charge in [0.05, 0.1) is 25.8 Å². The zero-order chi connectivity index (χ0) is 22.8. The third-order valence-electron chi connectivity index (χ3n) is 5.37. The molecule has 1 saturated heterocycles. The standard InChI is InChI=1S/C23H35FN6O2/c1-4-25-23(26-11-5-6-21-28-22(17(2)3)29-32-21)27-16-20(30-12-14-31-15-13-30)18-7-9-19(24)10-8-18/h7-10,17,20H,4-6,11-16H2,1-3H3,(H2,25,26,27). The van der Waals surface area contributed by atoms with Crippen LogP contribution in [-0.4, -0.2) is 66.9 Å². The summed E-state index contributed by atoms with van der Waals surface area (Å²) in [5, 5.41) is 10.7. The van der Waals surface area contributed by atoms with E-state index in [-0.39, 0.29) is 17.8 Å². The molecule has 0 spiro atoms. The molecule has 8 nitrogen and oxygen atoms in total. The molecule has 1 aromatic carbocycles. The van der Waals surface area contributed by atoms with Gasteiger partial charge in [0.15, 0.2) is 11.8 Å². The number of benzene rings is 1. The first kappa shape index (κ1) is 24.1. The molecule has 0 radical (unpaired) electrons. The maximum atomic E-state index is 13.4. The van der Waals surface area contributed by atoms with E-state index in [2.05, 4.69) is 25.7 Å². The fraction of sp³-hybridized carbons (Fsp3) is 0.609. The van der Waals surface area contributed by atoms with Crippen molar-refractivity contribution < 1.29 is 13.7 Å². The van der Waals surface area contributed by atoms with Crippen LogP contribution >= 0.6 is 0 Å². The molecule has 0 bridgehead atoms. The number of aromatic nitrogens is 2. The van der Waals surface area contributed by atoms with Crippen LogP contribution in [-0.2, 0) is 11.2 Å². The van der Waals surface area contributed by atoms with Gasteiger partial charge in [-0.05, 0) is 31.0 Å². The molecule has 2 heterocycles. The van der Waals surface area contributed by atoms with Gasteiger partial charge in [-0.15, -0.1) is 0 Å². The summed E-state index contributed by atoms with van der Waals surface area (Å²) < 4.78 is 24.3. The first-order valence-electron chi connectivity index (χ1n) is 11.5. The fourth-order valence-corrected chi connectivity index (χ4v) is 3.58. The third kappa shape index (κ3) is 7.27. The number of nitrogens with one attached hydrogen (secondary N) is 2. The van der Waals surface area contributed by atoms with Crippen molar-refractivity contribution in [2.45, 2.75) is 45.6 Å². The molecule has 3 rings (SSSR count). The van der Waals surface area contributed by atoms with Crippen LogP contribution in [0.2, 0.25) is 0 Å². The maximum absolute atomic E-state index is 13.4. The van der Waals surface area contributed by atoms with E-state index in [4.69, 9.17) is 14.3 Å². The van der Waals surface area contributed by atoms with Crippen LogP contribution in [0.3, 0.4) is 0 Å². The predicted molar refractivity (Wildman–Crippen MR) is 122 cm³/mol. The second-order valence-corrected chi connectivity index (χ2v) is 8.17. The van der Waals surface area contributed by atoms with Crippen LogP contribution in [0.15, 0.2) is 33.8 Å². The highest BCUT2D eigenvalue weighted by atomic mass is 19.1. The third-order valence-corrected chi connectivity index (χ3v) is 5.37. The van der Waals surface area contributed by atoms with Gasteiger partial charge in [0.1, 0.15) is 5.82 Å². The van der Waals surface area contributed by atoms with Gasteiger partial charge in [0.25, 0.3) is 0 Å². The maximum Gasteiger partial charge on any atom is 0.226 e. The SMILES string of the molecule is CCNC(=NCC(c1ccc(F)cc1)N1CCOCC1)NCCCc1nc(C(C)C)no1. The zero-order valence-electron chi connectivity index (χ0n) is 19.3. The summed E-state index contributed by atoms with van der Waals surface area (Å²) in [5.74, 6) is 2.22. The van der Waals surface area contributed by atoms with E-state index in [9.17, 15) is 4.39 Å². The minimum atomic E-state index is -0.227. The molecule has 9 heteroatoms. The molecule has 1 aliphatic heterocycles. The van der Waals surface area contributed by atoms with Crippen molar-refractivity contribution in [2.75, 3.05) is 45.9 Å². The van der Waals surface area contributed by atoms with Gasteiger partial charge >= 0.3 is 0 Å². The highest BCUT2D eigenvalue weighted by molar-refractivity contribution is 5.79. The highest BCUT2D eigenvalue weighted by Crippen LogP contribution is 2.22. The summed E-state index contributed by atoms with van der Waals surface area (Å²) in [6.45, 7) is 11.3. The average molecular weight is 447 g/mol. The number of ether oxygens (including phenoxy) is 1. The van der Waals surface area contributed by atoms with Gasteiger partial charge in [-0.3, -0.25) is 9.89 Å². The molecule has 2 aromatic rings. The number of halogens is 1. The fourth-order valence-electron chi connectivity index (χ4n) is 3.58. The molecule has 1 aliphatic rings. The zero-order valence-corrected chi connectivity index (χ0v) is 19.3. The number of hydrogen-bond acceptors (Lipinski definition) is 6. The number of nitrogens with zero attached hydrogens (tertiary/aromatic N) is 4. The lowest BCUT2D eigenvalue weighted by Gasteiger charge is -2.34. The summed E-state index contributed by atoms with van der Waals surface area (Å²) in [6.07, 6.45) is 1.58. The summed E-state index contributed by atoms with van der Waals surface area (Å²) in [5.41, 5.74) is 1.06. The quantitative estimate of drug-likeness (QED) is 0.330. The van der Waals surface area contributed by atoms with Crippen molar-refractivity contribution in [1.82, 2.24) is 25.7 Å². The summed E-state index contributed by atoms with van der Waals surface area (Å²) in [7, 11) is 0. The number of rotatable bonds is 10. The van der Waals surface area contributed by atoms with Crippen LogP contribution in [0.1, 0.15) is 56.4 Å². The number of aliphatic imine (C=N–C) groups is 1. The van der Waals surface area contributed by atoms with Crippen LogP contribution in [0.25, 0.3) is 0 Å². The summed E-state index contributed by atoms with van der Waals surface area (Å²) in [6, 6.07) is 6.79. The number of guanidine groups is 1. The summed E-state index contributed by atoms with van der Waals surface area (Å²) in [4.78, 5) is 11.6. The molecule has 2 N–H and O–H groups in total. The molecule has 1 unspecified atom stereocenters. The van der Waals surface area contributed by atoms with E-state index in [1.54, 1.807) is 0 Å². The van der Waals surface area contributed by atoms with E-state index < -0.39 is 0 Å². The topological polar surface area (TPSA) is 87.8 Å². The molecule has 32 heavy (non-hydrogen) atoms. The molecule has 0 saturated carbocycles. The van der Waals surface area contributed by atoms with E-state index in [0.717, 1.165) is 56.4 Å². The molecule has 0 aliphatic carbocycles. The van der Waals surface area contributed by atoms with Crippen molar-refractivity contribution in [2.24, 2.45) is 4.99 Å². The summed E-state index contributed by atoms with van der Waals surface area (Å²) >= 11 is 0. The minimum absolute atomic E-state index is 0.0720. The lowest BCUT2D eigenvalue weighted by Crippen LogP contribution is -2.42. The highest BCUT2D eigenvalue weighted by Gasteiger charge is 2.22. The van der Waals surface area contributed by atoms with E-state index >= 15 is 0 Å². The van der Waals surface area contributed by atoms with Crippen molar-refractivity contribution >= 4 is 5.96 Å². The van der Waals surface area contributed by atoms with Crippen molar-refractivity contribution in [3.63, 3.8) is 0 Å². The minimum Gasteiger partial charge on any atom is -0.379 e. The molecular weight excluding hydrogens is 411 g/mol. The second kappa shape index (κ2) is 12.5. The first-order chi connectivity index (χ1) is 15.6. The Bertz CT molecular complexity index is 833. The Hall–Kier alpha value is -2.52. The van der Waals surface area contributed by atoms with E-state index in [1.165, 1.54) is 12.1 Å². The Morgan fingerprint density at radius 1 is 1.19 bits per heavy atom. The normalized spacial score (nSPS) is 16.3. The smallest absolute Gasteiger partial charge is 0.226 e. The molecule has 1 aromatic heterocycles. The molecule has 176 valence electrons. The van der Waals surface area contributed by atoms with Gasteiger partial charge in [-0.25, -0.2) is 4.39 Å². The van der Waals surface area contributed by atoms with Gasteiger partial charge in [0, 0.05) is 38.5 Å². The van der Waals surface area contributed by atoms with Crippen molar-refractivity contribution in [3.05, 3.63) is 47.4 Å². The monoisotopic (exact) mass is 446 g/mol. The molecule has 1 atom stereocenters. The van der Waals surface area contributed by atoms with Crippen molar-refractivity contribution in [1.29, 1.82) is 0 Å². The Morgan fingerprint density at radius 2 is 1.94 bits per heavy atom. The van der Waals surface area contributed by atoms with Crippen LogP contribution in [0.5, 0.6) is 0 Å². The largest absolute Gasteiger partial charge is 0.379 e. The molecule has 1 fully saturated rings. The number of morpholine rings is 1. The Balaban J connectivity index is 1.58. The van der Waals surface area contributed by atoms with Gasteiger partial charge in [0.2, 0.25) is 5.89 Å². The number of aryl methyl sites for hydroxylation is 1. The van der Waals surface area contributed by atoms with Gasteiger partial charge in [-0.2, -0.15) is 4.98 Å². The van der Waals surface area contributed by atoms with Crippen LogP contribution in [0, 0.1) is 5.82 Å². The van der Waals surface area contributed by atoms with E-state index in [0.29, 0.717) is 25.6 Å². The first-order valence-corrected chi connectivity index (χ1v) is 11.5. The lowest BCUT2D eigenvalue weighted by atomic mass is 10.0. The van der Waals surface area contributed by atoms with E-state index in [1.807, 2.05) is 32.9 Å². The predicted octanol–water partition coefficient (Wildman–Crippen LogP) is 2.89. The lowest BCUT2D eigenvalue weighted by molar-refractivity contribution is 0.0179. The van der Waals surface area contributed by atoms with Crippen molar-refractivity contribution in [3.8, 4) is 0 Å². The second-order valence-electron chi connectivity index (χ2n) is 8.17. The van der Waals surface area contributed by atoms with Crippen LogP contribution < -0.4 is 10.6 Å². The van der Waals surface area contributed by atoms with Gasteiger partial charge in [-0.1, -0.05) is 31.1 Å². The number of hydrogen-bond donors (Lipinski definition) is 2.